The third-order valence-electron chi connectivity index (χ3n) is 3.68. The fourth-order valence-corrected chi connectivity index (χ4v) is 2.29. The Labute approximate surface area is 139 Å². The minimum atomic E-state index is 0.215. The average Bonchev–Trinajstić information content (AvgIpc) is 3.09. The molecule has 23 heavy (non-hydrogen) atoms. The zero-order valence-electron chi connectivity index (χ0n) is 14.1. The molecule has 0 fully saturated rings. The molecule has 2 aromatic rings. The van der Waals surface area contributed by atoms with Crippen LogP contribution in [-0.2, 0) is 6.42 Å². The number of aliphatic imine (C=N–C) groups is 1. The molecule has 2 N–H and O–H groups in total. The van der Waals surface area contributed by atoms with E-state index in [9.17, 15) is 0 Å². The Hall–Kier alpha value is -2.23. The first kappa shape index (κ1) is 17.1. The van der Waals surface area contributed by atoms with Gasteiger partial charge in [0, 0.05) is 19.5 Å². The number of benzene rings is 1. The second-order valence-corrected chi connectivity index (χ2v) is 5.62. The summed E-state index contributed by atoms with van der Waals surface area (Å²) in [7, 11) is 0. The van der Waals surface area contributed by atoms with Crippen molar-refractivity contribution in [3.8, 4) is 0 Å². The average molecular weight is 313 g/mol. The number of nitrogens with zero attached hydrogens (tertiary/aromatic N) is 1. The third kappa shape index (κ3) is 6.19. The van der Waals surface area contributed by atoms with Crippen LogP contribution in [0.5, 0.6) is 0 Å². The highest BCUT2D eigenvalue weighted by atomic mass is 16.3. The topological polar surface area (TPSA) is 49.6 Å². The number of unbranched alkanes of at least 4 members (excludes halogenated alkanes) is 1. The first-order chi connectivity index (χ1) is 11.3. The SMILES string of the molecule is CCCCN=C(NCCc1ccco1)NC(C)c1ccccc1. The van der Waals surface area contributed by atoms with Gasteiger partial charge in [0.2, 0.25) is 0 Å². The van der Waals surface area contributed by atoms with E-state index in [0.29, 0.717) is 0 Å². The Morgan fingerprint density at radius 2 is 2.00 bits per heavy atom. The van der Waals surface area contributed by atoms with Gasteiger partial charge in [-0.3, -0.25) is 4.99 Å². The van der Waals surface area contributed by atoms with Crippen LogP contribution in [0.15, 0.2) is 58.1 Å². The number of hydrogen-bond acceptors (Lipinski definition) is 2. The van der Waals surface area contributed by atoms with E-state index in [2.05, 4.69) is 53.7 Å². The van der Waals surface area contributed by atoms with Gasteiger partial charge in [-0.05, 0) is 31.0 Å². The van der Waals surface area contributed by atoms with E-state index >= 15 is 0 Å². The zero-order valence-corrected chi connectivity index (χ0v) is 14.1. The molecule has 4 nitrogen and oxygen atoms in total. The summed E-state index contributed by atoms with van der Waals surface area (Å²) in [5, 5.41) is 6.88. The summed E-state index contributed by atoms with van der Waals surface area (Å²) >= 11 is 0. The van der Waals surface area contributed by atoms with Gasteiger partial charge in [0.15, 0.2) is 5.96 Å². The van der Waals surface area contributed by atoms with Crippen LogP contribution in [0, 0.1) is 0 Å². The lowest BCUT2D eigenvalue weighted by atomic mass is 10.1. The van der Waals surface area contributed by atoms with E-state index in [1.54, 1.807) is 6.26 Å². The minimum Gasteiger partial charge on any atom is -0.469 e. The molecular formula is C19H27N3O. The lowest BCUT2D eigenvalue weighted by molar-refractivity contribution is 0.506. The molecule has 0 aliphatic rings. The molecule has 0 amide bonds. The van der Waals surface area contributed by atoms with Gasteiger partial charge in [0.05, 0.1) is 12.3 Å². The number of nitrogens with one attached hydrogen (secondary N) is 2. The van der Waals surface area contributed by atoms with Gasteiger partial charge in [-0.1, -0.05) is 43.7 Å². The highest BCUT2D eigenvalue weighted by molar-refractivity contribution is 5.80. The minimum absolute atomic E-state index is 0.215. The summed E-state index contributed by atoms with van der Waals surface area (Å²) in [6.07, 6.45) is 4.81. The monoisotopic (exact) mass is 313 g/mol. The second kappa shape index (κ2) is 9.72. The largest absolute Gasteiger partial charge is 0.469 e. The summed E-state index contributed by atoms with van der Waals surface area (Å²) in [5.74, 6) is 1.85. The maximum Gasteiger partial charge on any atom is 0.191 e. The van der Waals surface area contributed by atoms with Gasteiger partial charge in [-0.25, -0.2) is 0 Å². The first-order valence-electron chi connectivity index (χ1n) is 8.41. The predicted octanol–water partition coefficient (Wildman–Crippen LogP) is 3.92. The molecule has 0 spiro atoms. The first-order valence-corrected chi connectivity index (χ1v) is 8.41. The summed E-state index contributed by atoms with van der Waals surface area (Å²) in [5.41, 5.74) is 1.25. The molecule has 1 aromatic heterocycles. The fraction of sp³-hybridized carbons (Fsp3) is 0.421. The van der Waals surface area contributed by atoms with Crippen molar-refractivity contribution in [2.75, 3.05) is 13.1 Å². The van der Waals surface area contributed by atoms with Gasteiger partial charge in [0.1, 0.15) is 5.76 Å². The third-order valence-corrected chi connectivity index (χ3v) is 3.68. The van der Waals surface area contributed by atoms with Crippen molar-refractivity contribution >= 4 is 5.96 Å². The van der Waals surface area contributed by atoms with E-state index in [-0.39, 0.29) is 6.04 Å². The van der Waals surface area contributed by atoms with E-state index in [1.807, 2.05) is 18.2 Å². The van der Waals surface area contributed by atoms with Crippen LogP contribution in [0.2, 0.25) is 0 Å². The summed E-state index contributed by atoms with van der Waals surface area (Å²) in [6, 6.07) is 14.5. The maximum absolute atomic E-state index is 5.36. The van der Waals surface area contributed by atoms with Gasteiger partial charge in [0.25, 0.3) is 0 Å². The van der Waals surface area contributed by atoms with Gasteiger partial charge in [-0.15, -0.1) is 0 Å². The smallest absolute Gasteiger partial charge is 0.191 e. The molecule has 1 unspecified atom stereocenters. The molecule has 2 rings (SSSR count). The van der Waals surface area contributed by atoms with Crippen molar-refractivity contribution in [2.45, 2.75) is 39.2 Å². The molecule has 0 bridgehead atoms. The molecule has 0 saturated heterocycles. The number of guanidine groups is 1. The van der Waals surface area contributed by atoms with Crippen molar-refractivity contribution in [1.29, 1.82) is 0 Å². The molecule has 1 atom stereocenters. The molecule has 4 heteroatoms. The fourth-order valence-electron chi connectivity index (χ4n) is 2.29. The highest BCUT2D eigenvalue weighted by Gasteiger charge is 2.07. The van der Waals surface area contributed by atoms with Crippen LogP contribution in [0.1, 0.15) is 44.1 Å². The summed E-state index contributed by atoms with van der Waals surface area (Å²) in [6.45, 7) is 5.97. The van der Waals surface area contributed by atoms with Gasteiger partial charge < -0.3 is 15.1 Å². The Kier molecular flexibility index (Phi) is 7.24. The number of rotatable bonds is 8. The van der Waals surface area contributed by atoms with E-state index in [4.69, 9.17) is 4.42 Å². The molecule has 1 heterocycles. The Morgan fingerprint density at radius 3 is 2.70 bits per heavy atom. The summed E-state index contributed by atoms with van der Waals surface area (Å²) in [4.78, 5) is 4.66. The number of hydrogen-bond donors (Lipinski definition) is 2. The molecule has 0 radical (unpaired) electrons. The van der Waals surface area contributed by atoms with Crippen LogP contribution < -0.4 is 10.6 Å². The number of furan rings is 1. The van der Waals surface area contributed by atoms with Crippen molar-refractivity contribution in [3.63, 3.8) is 0 Å². The van der Waals surface area contributed by atoms with Gasteiger partial charge >= 0.3 is 0 Å². The van der Waals surface area contributed by atoms with Gasteiger partial charge in [-0.2, -0.15) is 0 Å². The van der Waals surface area contributed by atoms with E-state index < -0.39 is 0 Å². The zero-order chi connectivity index (χ0) is 16.3. The second-order valence-electron chi connectivity index (χ2n) is 5.62. The maximum atomic E-state index is 5.36. The molecular weight excluding hydrogens is 286 g/mol. The van der Waals surface area contributed by atoms with Crippen LogP contribution in [0.4, 0.5) is 0 Å². The van der Waals surface area contributed by atoms with Crippen molar-refractivity contribution < 1.29 is 4.42 Å². The molecule has 0 aliphatic carbocycles. The van der Waals surface area contributed by atoms with Crippen LogP contribution >= 0.6 is 0 Å². The molecule has 124 valence electrons. The Bertz CT molecular complexity index is 564. The lowest BCUT2D eigenvalue weighted by Crippen LogP contribution is -2.39. The Morgan fingerprint density at radius 1 is 1.17 bits per heavy atom. The van der Waals surface area contributed by atoms with Crippen molar-refractivity contribution in [2.24, 2.45) is 4.99 Å². The van der Waals surface area contributed by atoms with Crippen molar-refractivity contribution in [3.05, 3.63) is 60.1 Å². The predicted molar refractivity (Wildman–Crippen MR) is 95.6 cm³/mol. The van der Waals surface area contributed by atoms with Crippen LogP contribution in [-0.4, -0.2) is 19.0 Å². The van der Waals surface area contributed by atoms with E-state index in [1.165, 1.54) is 5.56 Å². The van der Waals surface area contributed by atoms with Crippen LogP contribution in [0.3, 0.4) is 0 Å². The molecule has 0 aliphatic heterocycles. The summed E-state index contributed by atoms with van der Waals surface area (Å²) < 4.78 is 5.36. The normalized spacial score (nSPS) is 12.9. The Balaban J connectivity index is 1.89. The highest BCUT2D eigenvalue weighted by Crippen LogP contribution is 2.10. The van der Waals surface area contributed by atoms with E-state index in [0.717, 1.165) is 44.1 Å². The quantitative estimate of drug-likeness (QED) is 0.441. The van der Waals surface area contributed by atoms with Crippen LogP contribution in [0.25, 0.3) is 0 Å². The standard InChI is InChI=1S/C19H27N3O/c1-3-4-13-20-19(21-14-12-18-11-8-15-23-18)22-16(2)17-9-6-5-7-10-17/h5-11,15-16H,3-4,12-14H2,1-2H3,(H2,20,21,22). The lowest BCUT2D eigenvalue weighted by Gasteiger charge is -2.18. The molecule has 0 saturated carbocycles. The molecule has 1 aromatic carbocycles. The van der Waals surface area contributed by atoms with Crippen molar-refractivity contribution in [1.82, 2.24) is 10.6 Å².